The fourth-order valence-corrected chi connectivity index (χ4v) is 3.04. The zero-order valence-corrected chi connectivity index (χ0v) is 17.4. The highest BCUT2D eigenvalue weighted by atomic mass is 35.5. The van der Waals surface area contributed by atoms with Crippen molar-refractivity contribution in [2.24, 2.45) is 0 Å². The molecule has 0 unspecified atom stereocenters. The summed E-state index contributed by atoms with van der Waals surface area (Å²) < 4.78 is 11.4. The maximum Gasteiger partial charge on any atom is 0.322 e. The van der Waals surface area contributed by atoms with Crippen LogP contribution in [0.5, 0.6) is 12.0 Å². The molecule has 14 heteroatoms. The minimum atomic E-state index is 0.0604. The topological polar surface area (TPSA) is 155 Å². The van der Waals surface area contributed by atoms with Gasteiger partial charge in [0.05, 0.1) is 24.3 Å². The molecule has 3 heterocycles. The quantitative estimate of drug-likeness (QED) is 0.463. The molecular formula is C16H14Cl2N10O2. The molecule has 0 radical (unpaired) electrons. The Morgan fingerprint density at radius 2 is 1.63 bits per heavy atom. The van der Waals surface area contributed by atoms with Crippen molar-refractivity contribution in [2.45, 2.75) is 6.92 Å². The SMILES string of the molecule is COc1nc(OC)nc(-c2nc(-c3nc(N)n(-c4c(Cl)ccc(C)c4Cl)n3)n[nH]2)n1. The lowest BCUT2D eigenvalue weighted by molar-refractivity contribution is 0.341. The number of anilines is 1. The van der Waals surface area contributed by atoms with Crippen LogP contribution in [0.4, 0.5) is 5.95 Å². The first kappa shape index (κ1) is 19.8. The van der Waals surface area contributed by atoms with Crippen molar-refractivity contribution < 1.29 is 9.47 Å². The first-order valence-electron chi connectivity index (χ1n) is 8.36. The van der Waals surface area contributed by atoms with Crippen LogP contribution in [-0.2, 0) is 0 Å². The van der Waals surface area contributed by atoms with Gasteiger partial charge in [-0.05, 0) is 18.6 Å². The average Bonchev–Trinajstić information content (AvgIpc) is 3.38. The van der Waals surface area contributed by atoms with Gasteiger partial charge in [-0.1, -0.05) is 29.3 Å². The Bertz CT molecular complexity index is 1220. The van der Waals surface area contributed by atoms with E-state index in [1.54, 1.807) is 12.1 Å². The van der Waals surface area contributed by atoms with Gasteiger partial charge in [0.2, 0.25) is 23.4 Å². The van der Waals surface area contributed by atoms with Crippen molar-refractivity contribution in [1.82, 2.24) is 44.9 Å². The molecule has 12 nitrogen and oxygen atoms in total. The standard InChI is InChI=1S/C16H14Cl2N10O2/c1-6-4-5-7(17)9(8(6)18)28-14(19)21-13(27-28)12-20-11(25-26-12)10-22-15(29-2)24-16(23-10)30-3/h4-5H,1-3H3,(H2,19,21,27)(H,20,25,26). The largest absolute Gasteiger partial charge is 0.467 e. The van der Waals surface area contributed by atoms with Crippen LogP contribution in [0.2, 0.25) is 10.0 Å². The van der Waals surface area contributed by atoms with Crippen LogP contribution in [0.15, 0.2) is 12.1 Å². The predicted octanol–water partition coefficient (Wildman–Crippen LogP) is 2.12. The number of H-pyrrole nitrogens is 1. The van der Waals surface area contributed by atoms with Crippen molar-refractivity contribution >= 4 is 29.2 Å². The number of ether oxygens (including phenoxy) is 2. The number of hydrogen-bond acceptors (Lipinski definition) is 10. The van der Waals surface area contributed by atoms with E-state index in [1.807, 2.05) is 6.92 Å². The molecule has 0 saturated heterocycles. The van der Waals surface area contributed by atoms with E-state index in [9.17, 15) is 0 Å². The molecule has 0 saturated carbocycles. The van der Waals surface area contributed by atoms with Crippen LogP contribution in [0, 0.1) is 6.92 Å². The van der Waals surface area contributed by atoms with Gasteiger partial charge in [0.25, 0.3) is 0 Å². The van der Waals surface area contributed by atoms with Crippen molar-refractivity contribution in [2.75, 3.05) is 20.0 Å². The second-order valence-corrected chi connectivity index (χ2v) is 6.66. The van der Waals surface area contributed by atoms with Gasteiger partial charge in [0.15, 0.2) is 5.82 Å². The second kappa shape index (κ2) is 7.72. The number of aromatic nitrogens is 9. The third-order valence-corrected chi connectivity index (χ3v) is 4.74. The monoisotopic (exact) mass is 448 g/mol. The van der Waals surface area contributed by atoms with E-state index in [0.29, 0.717) is 15.7 Å². The summed E-state index contributed by atoms with van der Waals surface area (Å²) in [7, 11) is 2.84. The van der Waals surface area contributed by atoms with Gasteiger partial charge in [0, 0.05) is 0 Å². The van der Waals surface area contributed by atoms with Gasteiger partial charge in [-0.3, -0.25) is 5.10 Å². The fraction of sp³-hybridized carbons (Fsp3) is 0.188. The highest BCUT2D eigenvalue weighted by molar-refractivity contribution is 6.38. The number of methoxy groups -OCH3 is 2. The third kappa shape index (κ3) is 3.46. The van der Waals surface area contributed by atoms with E-state index in [0.717, 1.165) is 5.56 Å². The van der Waals surface area contributed by atoms with Gasteiger partial charge >= 0.3 is 12.0 Å². The first-order valence-corrected chi connectivity index (χ1v) is 9.11. The number of aromatic amines is 1. The summed E-state index contributed by atoms with van der Waals surface area (Å²) in [5.74, 6) is 0.764. The molecule has 0 amide bonds. The highest BCUT2D eigenvalue weighted by Gasteiger charge is 2.21. The first-order chi connectivity index (χ1) is 14.4. The summed E-state index contributed by atoms with van der Waals surface area (Å²) in [6, 6.07) is 3.61. The van der Waals surface area contributed by atoms with Crippen molar-refractivity contribution in [3.05, 3.63) is 27.7 Å². The summed E-state index contributed by atoms with van der Waals surface area (Å²) in [4.78, 5) is 20.7. The van der Waals surface area contributed by atoms with Crippen LogP contribution in [-0.4, -0.2) is 59.1 Å². The molecule has 0 aliphatic carbocycles. The molecule has 3 N–H and O–H groups in total. The minimum absolute atomic E-state index is 0.0604. The number of rotatable bonds is 5. The molecule has 154 valence electrons. The highest BCUT2D eigenvalue weighted by Crippen LogP contribution is 2.32. The summed E-state index contributed by atoms with van der Waals surface area (Å²) in [5.41, 5.74) is 7.26. The van der Waals surface area contributed by atoms with E-state index in [4.69, 9.17) is 38.4 Å². The lowest BCUT2D eigenvalue weighted by Crippen LogP contribution is -2.04. The van der Waals surface area contributed by atoms with E-state index < -0.39 is 0 Å². The van der Waals surface area contributed by atoms with E-state index in [-0.39, 0.29) is 41.3 Å². The van der Waals surface area contributed by atoms with Crippen LogP contribution in [0.3, 0.4) is 0 Å². The fourth-order valence-electron chi connectivity index (χ4n) is 2.51. The lowest BCUT2D eigenvalue weighted by Gasteiger charge is -2.09. The minimum Gasteiger partial charge on any atom is -0.467 e. The number of nitrogens with one attached hydrogen (secondary N) is 1. The Kier molecular flexibility index (Phi) is 5.10. The number of halogens is 2. The lowest BCUT2D eigenvalue weighted by atomic mass is 10.2. The summed E-state index contributed by atoms with van der Waals surface area (Å²) in [6.45, 7) is 1.84. The summed E-state index contributed by atoms with van der Waals surface area (Å²) in [5, 5.41) is 12.0. The Hall–Kier alpha value is -3.51. The summed E-state index contributed by atoms with van der Waals surface area (Å²) >= 11 is 12.7. The van der Waals surface area contributed by atoms with Gasteiger partial charge in [-0.15, -0.1) is 15.2 Å². The molecule has 0 bridgehead atoms. The van der Waals surface area contributed by atoms with Crippen LogP contribution in [0.25, 0.3) is 29.0 Å². The van der Waals surface area contributed by atoms with Crippen molar-refractivity contribution in [3.63, 3.8) is 0 Å². The molecule has 3 aromatic heterocycles. The maximum absolute atomic E-state index is 6.39. The molecule has 4 rings (SSSR count). The number of hydrogen-bond donors (Lipinski definition) is 2. The van der Waals surface area contributed by atoms with Crippen LogP contribution >= 0.6 is 23.2 Å². The van der Waals surface area contributed by atoms with Gasteiger partial charge in [0.1, 0.15) is 5.69 Å². The second-order valence-electron chi connectivity index (χ2n) is 5.87. The van der Waals surface area contributed by atoms with E-state index >= 15 is 0 Å². The van der Waals surface area contributed by atoms with Crippen LogP contribution < -0.4 is 15.2 Å². The molecule has 0 fully saturated rings. The number of nitrogens with two attached hydrogens (primary N) is 1. The third-order valence-electron chi connectivity index (χ3n) is 3.96. The zero-order valence-electron chi connectivity index (χ0n) is 15.9. The van der Waals surface area contributed by atoms with Crippen molar-refractivity contribution in [1.29, 1.82) is 0 Å². The van der Waals surface area contributed by atoms with Crippen LogP contribution in [0.1, 0.15) is 5.56 Å². The summed E-state index contributed by atoms with van der Waals surface area (Å²) in [6.07, 6.45) is 0. The molecule has 30 heavy (non-hydrogen) atoms. The molecule has 1 aromatic carbocycles. The Balaban J connectivity index is 1.74. The van der Waals surface area contributed by atoms with Gasteiger partial charge in [-0.25, -0.2) is 4.98 Å². The Morgan fingerprint density at radius 1 is 0.933 bits per heavy atom. The smallest absolute Gasteiger partial charge is 0.322 e. The maximum atomic E-state index is 6.39. The van der Waals surface area contributed by atoms with Gasteiger partial charge in [-0.2, -0.15) is 19.6 Å². The zero-order chi connectivity index (χ0) is 21.4. The number of nitrogen functional groups attached to an aromatic ring is 1. The number of benzene rings is 1. The number of aryl methyl sites for hydroxylation is 1. The molecular weight excluding hydrogens is 435 g/mol. The Labute approximate surface area is 179 Å². The van der Waals surface area contributed by atoms with E-state index in [2.05, 4.69) is 40.2 Å². The molecule has 0 aliphatic rings. The normalized spacial score (nSPS) is 11.0. The van der Waals surface area contributed by atoms with Gasteiger partial charge < -0.3 is 15.2 Å². The van der Waals surface area contributed by atoms with Crippen molar-refractivity contribution in [3.8, 4) is 41.0 Å². The molecule has 0 aliphatic heterocycles. The molecule has 4 aromatic rings. The number of nitrogens with zero attached hydrogens (tertiary/aromatic N) is 8. The molecule has 0 spiro atoms. The van der Waals surface area contributed by atoms with E-state index in [1.165, 1.54) is 18.9 Å². The Morgan fingerprint density at radius 3 is 2.30 bits per heavy atom. The molecule has 0 atom stereocenters. The predicted molar refractivity (Wildman–Crippen MR) is 108 cm³/mol. The average molecular weight is 449 g/mol.